The van der Waals surface area contributed by atoms with Crippen molar-refractivity contribution in [2.24, 2.45) is 5.73 Å². The maximum atomic E-state index is 12.2. The van der Waals surface area contributed by atoms with Crippen molar-refractivity contribution in [1.29, 1.82) is 0 Å². The van der Waals surface area contributed by atoms with Crippen LogP contribution < -0.4 is 15.2 Å². The van der Waals surface area contributed by atoms with Crippen LogP contribution in [0.2, 0.25) is 5.02 Å². The number of rotatable bonds is 8. The SMILES string of the molecule is CCC(N)Cc1cc(Cl)cc(OC)c1OCCCF. The molecule has 0 radical (unpaired) electrons. The highest BCUT2D eigenvalue weighted by atomic mass is 35.5. The average molecular weight is 290 g/mol. The molecule has 0 saturated carbocycles. The van der Waals surface area contributed by atoms with Gasteiger partial charge in [0.2, 0.25) is 0 Å². The van der Waals surface area contributed by atoms with E-state index < -0.39 is 6.67 Å². The zero-order valence-corrected chi connectivity index (χ0v) is 12.2. The van der Waals surface area contributed by atoms with Gasteiger partial charge in [-0.05, 0) is 18.9 Å². The highest BCUT2D eigenvalue weighted by Crippen LogP contribution is 2.35. The van der Waals surface area contributed by atoms with Crippen molar-refractivity contribution in [3.63, 3.8) is 0 Å². The van der Waals surface area contributed by atoms with E-state index in [4.69, 9.17) is 26.8 Å². The molecule has 5 heteroatoms. The molecule has 0 fully saturated rings. The Labute approximate surface area is 118 Å². The van der Waals surface area contributed by atoms with E-state index in [0.717, 1.165) is 12.0 Å². The Bertz CT molecular complexity index is 401. The highest BCUT2D eigenvalue weighted by molar-refractivity contribution is 6.30. The van der Waals surface area contributed by atoms with Crippen LogP contribution in [0.1, 0.15) is 25.3 Å². The van der Waals surface area contributed by atoms with Crippen molar-refractivity contribution in [3.05, 3.63) is 22.7 Å². The number of benzene rings is 1. The van der Waals surface area contributed by atoms with Crippen LogP contribution in [0.15, 0.2) is 12.1 Å². The van der Waals surface area contributed by atoms with Crippen molar-refractivity contribution >= 4 is 11.6 Å². The number of methoxy groups -OCH3 is 1. The molecule has 1 rings (SSSR count). The van der Waals surface area contributed by atoms with Gasteiger partial charge in [-0.25, -0.2) is 0 Å². The minimum atomic E-state index is -0.403. The largest absolute Gasteiger partial charge is 0.493 e. The summed E-state index contributed by atoms with van der Waals surface area (Å²) in [6.45, 7) is 1.93. The van der Waals surface area contributed by atoms with E-state index in [1.165, 1.54) is 0 Å². The Morgan fingerprint density at radius 1 is 1.42 bits per heavy atom. The maximum Gasteiger partial charge on any atom is 0.164 e. The van der Waals surface area contributed by atoms with Crippen molar-refractivity contribution in [3.8, 4) is 11.5 Å². The van der Waals surface area contributed by atoms with Crippen LogP contribution in [0, 0.1) is 0 Å². The van der Waals surface area contributed by atoms with Gasteiger partial charge in [-0.2, -0.15) is 0 Å². The van der Waals surface area contributed by atoms with Gasteiger partial charge in [0.05, 0.1) is 20.4 Å². The summed E-state index contributed by atoms with van der Waals surface area (Å²) in [5.41, 5.74) is 6.87. The minimum Gasteiger partial charge on any atom is -0.493 e. The zero-order chi connectivity index (χ0) is 14.3. The van der Waals surface area contributed by atoms with E-state index in [-0.39, 0.29) is 6.04 Å². The predicted octanol–water partition coefficient (Wildman–Crippen LogP) is 3.37. The molecule has 0 aliphatic rings. The van der Waals surface area contributed by atoms with E-state index in [0.29, 0.717) is 36.0 Å². The summed E-state index contributed by atoms with van der Waals surface area (Å²) in [4.78, 5) is 0. The average Bonchev–Trinajstić information content (AvgIpc) is 2.40. The number of alkyl halides is 1. The van der Waals surface area contributed by atoms with Crippen LogP contribution in [0.3, 0.4) is 0 Å². The van der Waals surface area contributed by atoms with E-state index in [9.17, 15) is 4.39 Å². The molecule has 0 aromatic heterocycles. The number of hydrogen-bond acceptors (Lipinski definition) is 3. The normalized spacial score (nSPS) is 12.3. The fourth-order valence-corrected chi connectivity index (χ4v) is 1.98. The van der Waals surface area contributed by atoms with Gasteiger partial charge in [0.15, 0.2) is 11.5 Å². The molecule has 0 spiro atoms. The third-order valence-corrected chi connectivity index (χ3v) is 3.07. The van der Waals surface area contributed by atoms with Crippen molar-refractivity contribution in [2.45, 2.75) is 32.2 Å². The summed E-state index contributed by atoms with van der Waals surface area (Å²) < 4.78 is 23.0. The van der Waals surface area contributed by atoms with Crippen molar-refractivity contribution < 1.29 is 13.9 Å². The van der Waals surface area contributed by atoms with Crippen LogP contribution in [-0.4, -0.2) is 26.4 Å². The maximum absolute atomic E-state index is 12.2. The van der Waals surface area contributed by atoms with Gasteiger partial charge in [0, 0.05) is 29.1 Å². The van der Waals surface area contributed by atoms with Crippen LogP contribution in [0.5, 0.6) is 11.5 Å². The second-order valence-corrected chi connectivity index (χ2v) is 4.80. The molecule has 19 heavy (non-hydrogen) atoms. The van der Waals surface area contributed by atoms with E-state index >= 15 is 0 Å². The van der Waals surface area contributed by atoms with Crippen molar-refractivity contribution in [2.75, 3.05) is 20.4 Å². The molecular weight excluding hydrogens is 269 g/mol. The van der Waals surface area contributed by atoms with Crippen LogP contribution in [0.25, 0.3) is 0 Å². The number of halogens is 2. The first-order chi connectivity index (χ1) is 9.12. The molecule has 1 unspecified atom stereocenters. The molecule has 3 nitrogen and oxygen atoms in total. The molecule has 1 aromatic carbocycles. The summed E-state index contributed by atoms with van der Waals surface area (Å²) in [6, 6.07) is 3.55. The standard InChI is InChI=1S/C14H21ClFNO2/c1-3-12(17)8-10-7-11(15)9-13(18-2)14(10)19-6-4-5-16/h7,9,12H,3-6,8,17H2,1-2H3. The highest BCUT2D eigenvalue weighted by Gasteiger charge is 2.15. The lowest BCUT2D eigenvalue weighted by molar-refractivity contribution is 0.271. The minimum absolute atomic E-state index is 0.0340. The molecule has 108 valence electrons. The molecule has 0 aliphatic heterocycles. The van der Waals surface area contributed by atoms with Gasteiger partial charge in [-0.1, -0.05) is 18.5 Å². The number of nitrogens with two attached hydrogens (primary N) is 1. The monoisotopic (exact) mass is 289 g/mol. The molecule has 0 heterocycles. The second-order valence-electron chi connectivity index (χ2n) is 4.36. The Morgan fingerprint density at radius 2 is 2.16 bits per heavy atom. The Balaban J connectivity index is 2.99. The van der Waals surface area contributed by atoms with Gasteiger partial charge >= 0.3 is 0 Å². The fraction of sp³-hybridized carbons (Fsp3) is 0.571. The third-order valence-electron chi connectivity index (χ3n) is 2.85. The van der Waals surface area contributed by atoms with E-state index in [2.05, 4.69) is 0 Å². The van der Waals surface area contributed by atoms with Gasteiger partial charge < -0.3 is 15.2 Å². The van der Waals surface area contributed by atoms with Crippen molar-refractivity contribution in [1.82, 2.24) is 0 Å². The summed E-state index contributed by atoms with van der Waals surface area (Å²) in [5, 5.41) is 0.577. The molecule has 0 bridgehead atoms. The summed E-state index contributed by atoms with van der Waals surface area (Å²) in [7, 11) is 1.55. The number of ether oxygens (including phenoxy) is 2. The second kappa shape index (κ2) is 8.23. The molecular formula is C14H21ClFNO2. The van der Waals surface area contributed by atoms with Crippen LogP contribution in [0.4, 0.5) is 4.39 Å². The van der Waals surface area contributed by atoms with Gasteiger partial charge in [-0.3, -0.25) is 4.39 Å². The molecule has 0 aliphatic carbocycles. The number of hydrogen-bond donors (Lipinski definition) is 1. The first-order valence-electron chi connectivity index (χ1n) is 6.43. The summed E-state index contributed by atoms with van der Waals surface area (Å²) >= 11 is 6.05. The Morgan fingerprint density at radius 3 is 2.74 bits per heavy atom. The smallest absolute Gasteiger partial charge is 0.164 e. The Kier molecular flexibility index (Phi) is 6.95. The fourth-order valence-electron chi connectivity index (χ4n) is 1.75. The lowest BCUT2D eigenvalue weighted by atomic mass is 10.0. The predicted molar refractivity (Wildman–Crippen MR) is 76.1 cm³/mol. The summed E-state index contributed by atoms with van der Waals surface area (Å²) in [6.07, 6.45) is 1.86. The van der Waals surface area contributed by atoms with E-state index in [1.807, 2.05) is 13.0 Å². The molecule has 0 saturated heterocycles. The van der Waals surface area contributed by atoms with Gasteiger partial charge in [-0.15, -0.1) is 0 Å². The lowest BCUT2D eigenvalue weighted by Crippen LogP contribution is -2.22. The van der Waals surface area contributed by atoms with E-state index in [1.54, 1.807) is 13.2 Å². The van der Waals surface area contributed by atoms with Crippen LogP contribution >= 0.6 is 11.6 Å². The Hall–Kier alpha value is -1.00. The quantitative estimate of drug-likeness (QED) is 0.746. The zero-order valence-electron chi connectivity index (χ0n) is 11.4. The van der Waals surface area contributed by atoms with Crippen LogP contribution in [-0.2, 0) is 6.42 Å². The lowest BCUT2D eigenvalue weighted by Gasteiger charge is -2.17. The molecule has 2 N–H and O–H groups in total. The first kappa shape index (κ1) is 16.1. The molecule has 1 aromatic rings. The van der Waals surface area contributed by atoms with Gasteiger partial charge in [0.25, 0.3) is 0 Å². The molecule has 1 atom stereocenters. The third kappa shape index (κ3) is 4.88. The first-order valence-corrected chi connectivity index (χ1v) is 6.80. The van der Waals surface area contributed by atoms with Gasteiger partial charge in [0.1, 0.15) is 0 Å². The summed E-state index contributed by atoms with van der Waals surface area (Å²) in [5.74, 6) is 1.17. The topological polar surface area (TPSA) is 44.5 Å². The molecule has 0 amide bonds.